The van der Waals surface area contributed by atoms with Gasteiger partial charge in [-0.05, 0) is 0 Å². The van der Waals surface area contributed by atoms with Crippen molar-refractivity contribution in [3.05, 3.63) is 59.2 Å². The minimum atomic E-state index is 0. The van der Waals surface area contributed by atoms with Crippen LogP contribution in [0.5, 0.6) is 0 Å². The SMILES string of the molecule is CCc1[cH-]ccc1C.Cc1ccc[cH-]1.[Fe+2]. The van der Waals surface area contributed by atoms with Crippen molar-refractivity contribution in [1.82, 2.24) is 0 Å². The van der Waals surface area contributed by atoms with Crippen molar-refractivity contribution < 1.29 is 17.1 Å². The predicted molar refractivity (Wildman–Crippen MR) is 62.9 cm³/mol. The molecule has 0 heterocycles. The van der Waals surface area contributed by atoms with Gasteiger partial charge in [0.15, 0.2) is 0 Å². The van der Waals surface area contributed by atoms with Crippen LogP contribution in [0.25, 0.3) is 0 Å². The molecule has 0 saturated carbocycles. The zero-order valence-electron chi connectivity index (χ0n) is 9.60. The van der Waals surface area contributed by atoms with Crippen molar-refractivity contribution in [2.45, 2.75) is 27.2 Å². The van der Waals surface area contributed by atoms with Gasteiger partial charge in [0.05, 0.1) is 0 Å². The summed E-state index contributed by atoms with van der Waals surface area (Å²) in [5.41, 5.74) is 4.24. The van der Waals surface area contributed by atoms with E-state index in [0.29, 0.717) is 0 Å². The van der Waals surface area contributed by atoms with Gasteiger partial charge in [-0.25, -0.2) is 18.2 Å². The van der Waals surface area contributed by atoms with Crippen LogP contribution in [0.1, 0.15) is 23.6 Å². The van der Waals surface area contributed by atoms with E-state index in [1.54, 1.807) is 0 Å². The third-order valence-corrected chi connectivity index (χ3v) is 2.36. The number of hydrogen-bond donors (Lipinski definition) is 0. The molecule has 0 nitrogen and oxygen atoms in total. The molecule has 0 atom stereocenters. The molecule has 0 amide bonds. The van der Waals surface area contributed by atoms with Crippen molar-refractivity contribution in [1.29, 1.82) is 0 Å². The van der Waals surface area contributed by atoms with Gasteiger partial charge in [0.25, 0.3) is 0 Å². The maximum atomic E-state index is 2.18. The molecule has 0 unspecified atom stereocenters. The van der Waals surface area contributed by atoms with Crippen LogP contribution in [0.15, 0.2) is 42.5 Å². The maximum Gasteiger partial charge on any atom is 2.00 e. The van der Waals surface area contributed by atoms with Crippen LogP contribution >= 0.6 is 0 Å². The van der Waals surface area contributed by atoms with E-state index >= 15 is 0 Å². The van der Waals surface area contributed by atoms with E-state index in [2.05, 4.69) is 51.1 Å². The second kappa shape index (κ2) is 7.50. The summed E-state index contributed by atoms with van der Waals surface area (Å²) in [5, 5.41) is 0. The smallest absolute Gasteiger partial charge is 0.213 e. The van der Waals surface area contributed by atoms with Gasteiger partial charge in [0, 0.05) is 0 Å². The number of rotatable bonds is 1. The van der Waals surface area contributed by atoms with Crippen molar-refractivity contribution in [3.63, 3.8) is 0 Å². The molecule has 0 spiro atoms. The molecule has 0 saturated heterocycles. The van der Waals surface area contributed by atoms with Gasteiger partial charge in [-0.15, -0.1) is 0 Å². The van der Waals surface area contributed by atoms with Crippen LogP contribution < -0.4 is 0 Å². The molecule has 0 aromatic heterocycles. The zero-order valence-corrected chi connectivity index (χ0v) is 10.7. The Labute approximate surface area is 104 Å². The Balaban J connectivity index is 0.000000253. The second-order valence-electron chi connectivity index (χ2n) is 3.55. The molecule has 0 aliphatic rings. The van der Waals surface area contributed by atoms with E-state index in [4.69, 9.17) is 0 Å². The fourth-order valence-electron chi connectivity index (χ4n) is 1.41. The molecular weight excluding hydrogens is 224 g/mol. The summed E-state index contributed by atoms with van der Waals surface area (Å²) in [6.45, 7) is 6.42. The Morgan fingerprint density at radius 1 is 1.07 bits per heavy atom. The van der Waals surface area contributed by atoms with Gasteiger partial charge in [-0.2, -0.15) is 41.0 Å². The van der Waals surface area contributed by atoms with Crippen LogP contribution in [0, 0.1) is 13.8 Å². The zero-order chi connectivity index (χ0) is 10.4. The van der Waals surface area contributed by atoms with E-state index in [1.807, 2.05) is 12.1 Å². The first kappa shape index (κ1) is 14.2. The Hall–Kier alpha value is -0.781. The quantitative estimate of drug-likeness (QED) is 0.524. The summed E-state index contributed by atoms with van der Waals surface area (Å²) in [4.78, 5) is 0. The van der Waals surface area contributed by atoms with Crippen molar-refractivity contribution >= 4 is 0 Å². The summed E-state index contributed by atoms with van der Waals surface area (Å²) in [6, 6.07) is 14.7. The van der Waals surface area contributed by atoms with E-state index < -0.39 is 0 Å². The van der Waals surface area contributed by atoms with E-state index in [9.17, 15) is 0 Å². The minimum Gasteiger partial charge on any atom is -0.213 e. The topological polar surface area (TPSA) is 0 Å². The molecule has 2 aromatic rings. The normalized spacial score (nSPS) is 8.73. The second-order valence-corrected chi connectivity index (χ2v) is 3.55. The van der Waals surface area contributed by atoms with E-state index in [0.717, 1.165) is 0 Å². The first-order chi connectivity index (χ1) is 6.74. The van der Waals surface area contributed by atoms with Gasteiger partial charge in [0.1, 0.15) is 0 Å². The van der Waals surface area contributed by atoms with Crippen LogP contribution in [0.3, 0.4) is 0 Å². The van der Waals surface area contributed by atoms with Crippen molar-refractivity contribution in [2.75, 3.05) is 0 Å². The van der Waals surface area contributed by atoms with Gasteiger partial charge in [-0.3, -0.25) is 0 Å². The molecule has 0 fully saturated rings. The number of hydrogen-bond acceptors (Lipinski definition) is 0. The molecule has 82 valence electrons. The predicted octanol–water partition coefficient (Wildman–Crippen LogP) is 3.99. The van der Waals surface area contributed by atoms with Crippen LogP contribution in [0.2, 0.25) is 0 Å². The van der Waals surface area contributed by atoms with Gasteiger partial charge < -0.3 is 0 Å². The largest absolute Gasteiger partial charge is 2.00 e. The summed E-state index contributed by atoms with van der Waals surface area (Å²) in [7, 11) is 0. The fourth-order valence-corrected chi connectivity index (χ4v) is 1.41. The van der Waals surface area contributed by atoms with Gasteiger partial charge in [-0.1, -0.05) is 27.2 Å². The minimum absolute atomic E-state index is 0. The molecule has 1 heteroatoms. The first-order valence-corrected chi connectivity index (χ1v) is 5.13. The molecule has 15 heavy (non-hydrogen) atoms. The molecule has 2 rings (SSSR count). The van der Waals surface area contributed by atoms with Gasteiger partial charge in [0.2, 0.25) is 0 Å². The average molecular weight is 242 g/mol. The molecule has 0 bridgehead atoms. The monoisotopic (exact) mass is 242 g/mol. The number of aryl methyl sites for hydroxylation is 3. The van der Waals surface area contributed by atoms with Crippen LogP contribution in [-0.4, -0.2) is 0 Å². The Kier molecular flexibility index (Phi) is 7.11. The van der Waals surface area contributed by atoms with Gasteiger partial charge >= 0.3 is 17.1 Å². The van der Waals surface area contributed by atoms with E-state index in [1.165, 1.54) is 23.1 Å². The molecule has 2 aromatic carbocycles. The molecule has 0 aliphatic carbocycles. The molecule has 0 radical (unpaired) electrons. The summed E-state index contributed by atoms with van der Waals surface area (Å²) >= 11 is 0. The Bertz CT molecular complexity index is 341. The Morgan fingerprint density at radius 2 is 1.80 bits per heavy atom. The standard InChI is InChI=1S/C8H11.C6H7.Fe/c1-3-8-6-4-5-7(8)2;1-6-4-2-3-5-6;/h4-6H,3H2,1-2H3;2-5H,1H3;/q2*-1;+2. The Morgan fingerprint density at radius 3 is 2.00 bits per heavy atom. The summed E-state index contributed by atoms with van der Waals surface area (Å²) in [6.07, 6.45) is 1.17. The maximum absolute atomic E-state index is 2.18. The van der Waals surface area contributed by atoms with Crippen LogP contribution in [-0.2, 0) is 23.5 Å². The molecule has 0 aliphatic heterocycles. The molecular formula is C14H18Fe. The third-order valence-electron chi connectivity index (χ3n) is 2.36. The average Bonchev–Trinajstić information content (AvgIpc) is 2.77. The third kappa shape index (κ3) is 5.01. The summed E-state index contributed by atoms with van der Waals surface area (Å²) in [5.74, 6) is 0. The fraction of sp³-hybridized carbons (Fsp3) is 0.286. The molecule has 0 N–H and O–H groups in total. The summed E-state index contributed by atoms with van der Waals surface area (Å²) < 4.78 is 0. The first-order valence-electron chi connectivity index (χ1n) is 5.13. The van der Waals surface area contributed by atoms with Crippen LogP contribution in [0.4, 0.5) is 0 Å². The van der Waals surface area contributed by atoms with Crippen molar-refractivity contribution in [2.24, 2.45) is 0 Å². The van der Waals surface area contributed by atoms with E-state index in [-0.39, 0.29) is 17.1 Å². The van der Waals surface area contributed by atoms with Crippen molar-refractivity contribution in [3.8, 4) is 0 Å².